The lowest BCUT2D eigenvalue weighted by molar-refractivity contribution is -0.138. The van der Waals surface area contributed by atoms with Gasteiger partial charge in [0.25, 0.3) is 0 Å². The minimum Gasteiger partial charge on any atom is -0.394 e. The maximum Gasteiger partial charge on any atom is 0.416 e. The summed E-state index contributed by atoms with van der Waals surface area (Å²) in [6.07, 6.45) is -4.40. The molecule has 0 aromatic heterocycles. The lowest BCUT2D eigenvalue weighted by atomic mass is 10.0. The van der Waals surface area contributed by atoms with Crippen LogP contribution in [0.25, 0.3) is 0 Å². The van der Waals surface area contributed by atoms with Crippen molar-refractivity contribution in [3.63, 3.8) is 0 Å². The number of rotatable bonds is 6. The van der Waals surface area contributed by atoms with Crippen LogP contribution in [0, 0.1) is 0 Å². The molecule has 0 bridgehead atoms. The molecular weight excluding hydrogens is 281 g/mol. The van der Waals surface area contributed by atoms with Gasteiger partial charge in [0.1, 0.15) is 0 Å². The van der Waals surface area contributed by atoms with Gasteiger partial charge in [0, 0.05) is 19.3 Å². The first-order valence-electron chi connectivity index (χ1n) is 6.89. The zero-order chi connectivity index (χ0) is 16.3. The van der Waals surface area contributed by atoms with E-state index in [1.165, 1.54) is 6.07 Å². The second-order valence-corrected chi connectivity index (χ2v) is 5.65. The molecule has 0 saturated heterocycles. The van der Waals surface area contributed by atoms with E-state index in [-0.39, 0.29) is 18.7 Å². The lowest BCUT2D eigenvalue weighted by Crippen LogP contribution is -2.44. The fraction of sp³-hybridized carbons (Fsp3) is 0.600. The van der Waals surface area contributed by atoms with Crippen LogP contribution in [0.15, 0.2) is 18.2 Å². The number of benzene rings is 1. The Morgan fingerprint density at radius 1 is 1.24 bits per heavy atom. The van der Waals surface area contributed by atoms with Crippen molar-refractivity contribution in [3.05, 3.63) is 29.3 Å². The predicted molar refractivity (Wildman–Crippen MR) is 78.4 cm³/mol. The predicted octanol–water partition coefficient (Wildman–Crippen LogP) is 3.02. The molecule has 0 aliphatic rings. The van der Waals surface area contributed by atoms with E-state index < -0.39 is 17.3 Å². The van der Waals surface area contributed by atoms with Crippen molar-refractivity contribution in [1.29, 1.82) is 0 Å². The van der Waals surface area contributed by atoms with E-state index in [1.54, 1.807) is 31.9 Å². The molecule has 0 fully saturated rings. The number of nitrogens with one attached hydrogen (secondary N) is 1. The lowest BCUT2D eigenvalue weighted by Gasteiger charge is -2.36. The van der Waals surface area contributed by atoms with E-state index in [2.05, 4.69) is 5.32 Å². The Kier molecular flexibility index (Phi) is 5.64. The fourth-order valence-electron chi connectivity index (χ4n) is 1.91. The molecule has 120 valence electrons. The summed E-state index contributed by atoms with van der Waals surface area (Å²) in [4.78, 5) is 1.65. The molecule has 1 aromatic rings. The molecule has 0 amide bonds. The molecule has 0 aliphatic heterocycles. The van der Waals surface area contributed by atoms with Crippen LogP contribution in [0.5, 0.6) is 0 Å². The molecule has 2 N–H and O–H groups in total. The fourth-order valence-corrected chi connectivity index (χ4v) is 1.91. The number of halogens is 3. The Bertz CT molecular complexity index is 472. The van der Waals surface area contributed by atoms with E-state index in [0.717, 1.165) is 6.07 Å². The average Bonchev–Trinajstić information content (AvgIpc) is 2.43. The summed E-state index contributed by atoms with van der Waals surface area (Å²) >= 11 is 0. The van der Waals surface area contributed by atoms with Crippen LogP contribution in [-0.4, -0.2) is 30.8 Å². The maximum atomic E-state index is 13.2. The topological polar surface area (TPSA) is 35.5 Å². The monoisotopic (exact) mass is 304 g/mol. The standard InChI is InChI=1S/C15H23F3N2O/c1-5-19-9-11-6-7-12(8-13(11)15(16,17)18)20(4)14(2,3)10-21/h6-8,19,21H,5,9-10H2,1-4H3. The third-order valence-electron chi connectivity index (χ3n) is 3.65. The van der Waals surface area contributed by atoms with Crippen LogP contribution in [0.2, 0.25) is 0 Å². The van der Waals surface area contributed by atoms with Crippen LogP contribution in [0.3, 0.4) is 0 Å². The smallest absolute Gasteiger partial charge is 0.394 e. The summed E-state index contributed by atoms with van der Waals surface area (Å²) in [5.41, 5.74) is -0.613. The third kappa shape index (κ3) is 4.35. The molecule has 1 aromatic carbocycles. The first-order valence-corrected chi connectivity index (χ1v) is 6.89. The Balaban J connectivity index is 3.22. The molecule has 1 rings (SSSR count). The van der Waals surface area contributed by atoms with Gasteiger partial charge in [0.15, 0.2) is 0 Å². The maximum absolute atomic E-state index is 13.2. The number of likely N-dealkylation sites (N-methyl/N-ethyl adjacent to an activating group) is 1. The number of aliphatic hydroxyl groups excluding tert-OH is 1. The Labute approximate surface area is 123 Å². The summed E-state index contributed by atoms with van der Waals surface area (Å²) in [7, 11) is 1.68. The molecule has 0 spiro atoms. The number of hydrogen-bond donors (Lipinski definition) is 2. The van der Waals surface area contributed by atoms with Gasteiger partial charge in [-0.2, -0.15) is 13.2 Å². The highest BCUT2D eigenvalue weighted by Gasteiger charge is 2.34. The molecule has 21 heavy (non-hydrogen) atoms. The minimum absolute atomic E-state index is 0.149. The zero-order valence-corrected chi connectivity index (χ0v) is 12.9. The number of hydrogen-bond acceptors (Lipinski definition) is 3. The van der Waals surface area contributed by atoms with Gasteiger partial charge in [-0.15, -0.1) is 0 Å². The van der Waals surface area contributed by atoms with Crippen molar-refractivity contribution in [2.24, 2.45) is 0 Å². The second kappa shape index (κ2) is 6.66. The highest BCUT2D eigenvalue weighted by molar-refractivity contribution is 5.53. The summed E-state index contributed by atoms with van der Waals surface area (Å²) in [6, 6.07) is 4.29. The Morgan fingerprint density at radius 3 is 2.33 bits per heavy atom. The minimum atomic E-state index is -4.40. The van der Waals surface area contributed by atoms with Gasteiger partial charge in [0.05, 0.1) is 17.7 Å². The van der Waals surface area contributed by atoms with Gasteiger partial charge < -0.3 is 15.3 Å². The van der Waals surface area contributed by atoms with Gasteiger partial charge in [-0.25, -0.2) is 0 Å². The first-order chi connectivity index (χ1) is 9.63. The van der Waals surface area contributed by atoms with Crippen LogP contribution in [0.4, 0.5) is 18.9 Å². The van der Waals surface area contributed by atoms with Gasteiger partial charge in [-0.05, 0) is 38.1 Å². The Morgan fingerprint density at radius 2 is 1.86 bits per heavy atom. The van der Waals surface area contributed by atoms with Crippen molar-refractivity contribution in [2.75, 3.05) is 25.1 Å². The number of anilines is 1. The van der Waals surface area contributed by atoms with Crippen molar-refractivity contribution in [3.8, 4) is 0 Å². The third-order valence-corrected chi connectivity index (χ3v) is 3.65. The molecule has 3 nitrogen and oxygen atoms in total. The van der Waals surface area contributed by atoms with Gasteiger partial charge >= 0.3 is 6.18 Å². The molecule has 0 unspecified atom stereocenters. The van der Waals surface area contributed by atoms with E-state index in [1.807, 2.05) is 6.92 Å². The van der Waals surface area contributed by atoms with Crippen molar-refractivity contribution in [1.82, 2.24) is 5.32 Å². The van der Waals surface area contributed by atoms with Crippen molar-refractivity contribution < 1.29 is 18.3 Å². The summed E-state index contributed by atoms with van der Waals surface area (Å²) in [5.74, 6) is 0. The molecule has 0 saturated carbocycles. The van der Waals surface area contributed by atoms with Crippen LogP contribution in [-0.2, 0) is 12.7 Å². The number of aliphatic hydroxyl groups is 1. The van der Waals surface area contributed by atoms with Crippen molar-refractivity contribution in [2.45, 2.75) is 39.0 Å². The molecule has 0 atom stereocenters. The molecular formula is C15H23F3N2O. The highest BCUT2D eigenvalue weighted by Crippen LogP contribution is 2.35. The zero-order valence-electron chi connectivity index (χ0n) is 12.9. The second-order valence-electron chi connectivity index (χ2n) is 5.65. The summed E-state index contributed by atoms with van der Waals surface area (Å²) in [5, 5.41) is 12.3. The van der Waals surface area contributed by atoms with E-state index in [0.29, 0.717) is 12.2 Å². The SMILES string of the molecule is CCNCc1ccc(N(C)C(C)(C)CO)cc1C(F)(F)F. The van der Waals surface area contributed by atoms with Crippen molar-refractivity contribution >= 4 is 5.69 Å². The average molecular weight is 304 g/mol. The Hall–Kier alpha value is -1.27. The normalized spacial score (nSPS) is 12.6. The van der Waals surface area contributed by atoms with E-state index in [9.17, 15) is 18.3 Å². The molecule has 0 heterocycles. The van der Waals surface area contributed by atoms with Gasteiger partial charge in [-0.3, -0.25) is 0 Å². The summed E-state index contributed by atoms with van der Waals surface area (Å²) < 4.78 is 39.6. The van der Waals surface area contributed by atoms with E-state index in [4.69, 9.17) is 0 Å². The molecule has 0 radical (unpaired) electrons. The summed E-state index contributed by atoms with van der Waals surface area (Å²) in [6.45, 7) is 6.03. The number of alkyl halides is 3. The highest BCUT2D eigenvalue weighted by atomic mass is 19.4. The van der Waals surface area contributed by atoms with Crippen LogP contribution in [0.1, 0.15) is 31.9 Å². The molecule has 6 heteroatoms. The largest absolute Gasteiger partial charge is 0.416 e. The first kappa shape index (κ1) is 17.8. The van der Waals surface area contributed by atoms with Gasteiger partial charge in [0.2, 0.25) is 0 Å². The van der Waals surface area contributed by atoms with E-state index >= 15 is 0 Å². The number of nitrogens with zero attached hydrogens (tertiary/aromatic N) is 1. The quantitative estimate of drug-likeness (QED) is 0.848. The van der Waals surface area contributed by atoms with Gasteiger partial charge in [-0.1, -0.05) is 13.0 Å². The van der Waals surface area contributed by atoms with Crippen LogP contribution < -0.4 is 10.2 Å². The van der Waals surface area contributed by atoms with Crippen LogP contribution >= 0.6 is 0 Å². The molecule has 0 aliphatic carbocycles.